The Balaban J connectivity index is 2.42. The number of carbonyl (C=O) groups excluding carboxylic acids is 1. The fraction of sp³-hybridized carbons (Fsp3) is 0.917. The number of nitrogens with zero attached hydrogens (tertiary/aromatic N) is 1. The maximum absolute atomic E-state index is 11.8. The smallest absolute Gasteiger partial charge is 0.410 e. The van der Waals surface area contributed by atoms with E-state index in [-0.39, 0.29) is 18.1 Å². The summed E-state index contributed by atoms with van der Waals surface area (Å²) < 4.78 is 31.1. The van der Waals surface area contributed by atoms with Gasteiger partial charge in [0.15, 0.2) is 0 Å². The molecule has 0 bridgehead atoms. The van der Waals surface area contributed by atoms with Crippen LogP contribution in [0.15, 0.2) is 0 Å². The van der Waals surface area contributed by atoms with Crippen molar-refractivity contribution >= 4 is 17.1 Å². The molecule has 0 aliphatic carbocycles. The molecule has 0 aromatic carbocycles. The first kappa shape index (κ1) is 16.2. The van der Waals surface area contributed by atoms with Crippen LogP contribution in [-0.4, -0.2) is 44.2 Å². The normalized spacial score (nSPS) is 19.5. The number of likely N-dealkylation sites (tertiary alicyclic amines) is 1. The van der Waals surface area contributed by atoms with E-state index in [0.717, 1.165) is 12.8 Å². The highest BCUT2D eigenvalue weighted by molar-refractivity contribution is 7.67. The zero-order valence-corrected chi connectivity index (χ0v) is 12.8. The first-order valence-corrected chi connectivity index (χ1v) is 7.57. The standard InChI is InChI=1S/C12H23NO5S/c1-9(18-19(15)16)10-5-7-13(8-6-10)11(14)17-12(2,3)4/h9-10,19H,5-8H2,1-4H3. The van der Waals surface area contributed by atoms with Gasteiger partial charge in [0.1, 0.15) is 5.60 Å². The minimum atomic E-state index is -2.81. The van der Waals surface area contributed by atoms with E-state index >= 15 is 0 Å². The lowest BCUT2D eigenvalue weighted by molar-refractivity contribution is 0.0127. The summed E-state index contributed by atoms with van der Waals surface area (Å²) in [4.78, 5) is 13.5. The van der Waals surface area contributed by atoms with Crippen molar-refractivity contribution in [3.63, 3.8) is 0 Å². The Morgan fingerprint density at radius 2 is 1.79 bits per heavy atom. The Labute approximate surface area is 116 Å². The lowest BCUT2D eigenvalue weighted by Gasteiger charge is -2.34. The predicted molar refractivity (Wildman–Crippen MR) is 71.4 cm³/mol. The molecule has 1 unspecified atom stereocenters. The number of hydrogen-bond donors (Lipinski definition) is 1. The Morgan fingerprint density at radius 3 is 2.21 bits per heavy atom. The molecular weight excluding hydrogens is 270 g/mol. The van der Waals surface area contributed by atoms with Crippen LogP contribution in [0.1, 0.15) is 40.5 Å². The molecule has 112 valence electrons. The minimum Gasteiger partial charge on any atom is -0.444 e. The average molecular weight is 293 g/mol. The quantitative estimate of drug-likeness (QED) is 0.800. The Morgan fingerprint density at radius 1 is 1.26 bits per heavy atom. The molecule has 1 atom stereocenters. The number of amides is 1. The summed E-state index contributed by atoms with van der Waals surface area (Å²) in [6, 6.07) is 0. The van der Waals surface area contributed by atoms with Gasteiger partial charge in [-0.05, 0) is 46.5 Å². The van der Waals surface area contributed by atoms with Crippen molar-refractivity contribution in [2.75, 3.05) is 13.1 Å². The second kappa shape index (κ2) is 6.56. The molecule has 0 spiro atoms. The fourth-order valence-electron chi connectivity index (χ4n) is 2.10. The van der Waals surface area contributed by atoms with Gasteiger partial charge in [-0.2, -0.15) is 0 Å². The Bertz CT molecular complexity index is 372. The third-order valence-corrected chi connectivity index (χ3v) is 3.61. The van der Waals surface area contributed by atoms with Gasteiger partial charge in [-0.15, -0.1) is 0 Å². The van der Waals surface area contributed by atoms with Gasteiger partial charge < -0.3 is 9.64 Å². The van der Waals surface area contributed by atoms with E-state index in [9.17, 15) is 13.2 Å². The van der Waals surface area contributed by atoms with Gasteiger partial charge in [-0.25, -0.2) is 13.2 Å². The highest BCUT2D eigenvalue weighted by Crippen LogP contribution is 2.23. The van der Waals surface area contributed by atoms with Crippen LogP contribution in [0.3, 0.4) is 0 Å². The molecule has 19 heavy (non-hydrogen) atoms. The van der Waals surface area contributed by atoms with Crippen LogP contribution in [0.4, 0.5) is 4.79 Å². The maximum Gasteiger partial charge on any atom is 0.410 e. The summed E-state index contributed by atoms with van der Waals surface area (Å²) in [5.74, 6) is 0.159. The van der Waals surface area contributed by atoms with Crippen LogP contribution in [0.2, 0.25) is 0 Å². The van der Waals surface area contributed by atoms with Crippen LogP contribution >= 0.6 is 0 Å². The van der Waals surface area contributed by atoms with Crippen molar-refractivity contribution in [3.8, 4) is 0 Å². The third kappa shape index (κ3) is 5.78. The number of thiol groups is 1. The predicted octanol–water partition coefficient (Wildman–Crippen LogP) is 1.56. The van der Waals surface area contributed by atoms with Gasteiger partial charge in [-0.1, -0.05) is 0 Å². The number of carbonyl (C=O) groups is 1. The van der Waals surface area contributed by atoms with E-state index < -0.39 is 16.6 Å². The Kier molecular flexibility index (Phi) is 5.61. The molecule has 1 aliphatic heterocycles. The summed E-state index contributed by atoms with van der Waals surface area (Å²) in [5.41, 5.74) is -0.495. The van der Waals surface area contributed by atoms with Crippen molar-refractivity contribution in [2.24, 2.45) is 5.92 Å². The summed E-state index contributed by atoms with van der Waals surface area (Å²) in [7, 11) is -2.81. The highest BCUT2D eigenvalue weighted by atomic mass is 32.2. The van der Waals surface area contributed by atoms with Crippen LogP contribution in [0.25, 0.3) is 0 Å². The van der Waals surface area contributed by atoms with Gasteiger partial charge in [0.2, 0.25) is 0 Å². The molecule has 6 nitrogen and oxygen atoms in total. The van der Waals surface area contributed by atoms with Crippen molar-refractivity contribution in [3.05, 3.63) is 0 Å². The molecule has 1 heterocycles. The Hall–Kier alpha value is -0.820. The van der Waals surface area contributed by atoms with E-state index in [0.29, 0.717) is 13.1 Å². The molecule has 0 aromatic heterocycles. The zero-order chi connectivity index (χ0) is 14.6. The fourth-order valence-corrected chi connectivity index (χ4v) is 2.54. The molecule has 1 amide bonds. The van der Waals surface area contributed by atoms with Gasteiger partial charge >= 0.3 is 6.09 Å². The number of ether oxygens (including phenoxy) is 1. The monoisotopic (exact) mass is 293 g/mol. The van der Waals surface area contributed by atoms with Crippen molar-refractivity contribution in [1.29, 1.82) is 0 Å². The molecule has 1 aliphatic rings. The second-order valence-corrected chi connectivity index (χ2v) is 6.50. The minimum absolute atomic E-state index is 0.159. The van der Waals surface area contributed by atoms with E-state index in [1.165, 1.54) is 0 Å². The number of hydrogen-bond acceptors (Lipinski definition) is 5. The van der Waals surface area contributed by atoms with E-state index in [1.54, 1.807) is 11.8 Å². The van der Waals surface area contributed by atoms with Crippen LogP contribution in [0, 0.1) is 5.92 Å². The molecular formula is C12H23NO5S. The van der Waals surface area contributed by atoms with Crippen molar-refractivity contribution in [1.82, 2.24) is 4.90 Å². The molecule has 1 rings (SSSR count). The summed E-state index contributed by atoms with van der Waals surface area (Å²) in [5, 5.41) is 0. The zero-order valence-electron chi connectivity index (χ0n) is 11.9. The summed E-state index contributed by atoms with van der Waals surface area (Å²) in [6.45, 7) is 8.39. The first-order valence-electron chi connectivity index (χ1n) is 6.48. The molecule has 1 saturated heterocycles. The molecule has 1 fully saturated rings. The molecule has 0 aromatic rings. The lowest BCUT2D eigenvalue weighted by atomic mass is 9.92. The topological polar surface area (TPSA) is 72.9 Å². The van der Waals surface area contributed by atoms with E-state index in [4.69, 9.17) is 8.92 Å². The number of rotatable bonds is 3. The largest absolute Gasteiger partial charge is 0.444 e. The molecule has 0 radical (unpaired) electrons. The molecule has 7 heteroatoms. The summed E-state index contributed by atoms with van der Waals surface area (Å²) >= 11 is 0. The first-order chi connectivity index (χ1) is 8.69. The lowest BCUT2D eigenvalue weighted by Crippen LogP contribution is -2.43. The second-order valence-electron chi connectivity index (χ2n) is 5.84. The van der Waals surface area contributed by atoms with Crippen molar-refractivity contribution in [2.45, 2.75) is 52.2 Å². The number of piperidine rings is 1. The van der Waals surface area contributed by atoms with Gasteiger partial charge in [0.25, 0.3) is 11.0 Å². The maximum atomic E-state index is 11.8. The van der Waals surface area contributed by atoms with Gasteiger partial charge in [0.05, 0.1) is 6.10 Å². The molecule has 0 saturated carbocycles. The molecule has 0 N–H and O–H groups in total. The van der Waals surface area contributed by atoms with Crippen molar-refractivity contribution < 1.29 is 22.1 Å². The van der Waals surface area contributed by atoms with Gasteiger partial charge in [0, 0.05) is 13.1 Å². The average Bonchev–Trinajstić information content (AvgIpc) is 2.26. The highest BCUT2D eigenvalue weighted by Gasteiger charge is 2.29. The SMILES string of the molecule is CC(O[SH](=O)=O)C1CCN(C(=O)OC(C)(C)C)CC1. The van der Waals surface area contributed by atoms with E-state index in [2.05, 4.69) is 0 Å². The third-order valence-electron chi connectivity index (χ3n) is 3.11. The summed E-state index contributed by atoms with van der Waals surface area (Å²) in [6.07, 6.45) is 0.809. The van der Waals surface area contributed by atoms with Gasteiger partial charge in [-0.3, -0.25) is 4.18 Å². The van der Waals surface area contributed by atoms with Crippen LogP contribution in [-0.2, 0) is 19.9 Å². The van der Waals surface area contributed by atoms with Crippen LogP contribution in [0.5, 0.6) is 0 Å². The van der Waals surface area contributed by atoms with E-state index in [1.807, 2.05) is 20.8 Å². The van der Waals surface area contributed by atoms with Crippen LogP contribution < -0.4 is 0 Å².